The van der Waals surface area contributed by atoms with Gasteiger partial charge >= 0.3 is 12.1 Å². The highest BCUT2D eigenvalue weighted by atomic mass is 16.6. The fourth-order valence-corrected chi connectivity index (χ4v) is 1.22. The Balaban J connectivity index is 3.78. The van der Waals surface area contributed by atoms with Gasteiger partial charge in [0.1, 0.15) is 11.6 Å². The van der Waals surface area contributed by atoms with Gasteiger partial charge in [0.15, 0.2) is 0 Å². The molecule has 106 valence electrons. The van der Waals surface area contributed by atoms with Crippen LogP contribution < -0.4 is 16.8 Å². The van der Waals surface area contributed by atoms with E-state index < -0.39 is 23.7 Å². The molecule has 0 rings (SSSR count). The van der Waals surface area contributed by atoms with Gasteiger partial charge in [0.25, 0.3) is 0 Å². The minimum absolute atomic E-state index is 0.172. The van der Waals surface area contributed by atoms with E-state index in [2.05, 4.69) is 5.32 Å². The number of ether oxygens (including phenoxy) is 1. The van der Waals surface area contributed by atoms with Gasteiger partial charge in [0.05, 0.1) is 0 Å². The van der Waals surface area contributed by atoms with Crippen molar-refractivity contribution in [2.75, 3.05) is 6.54 Å². The third kappa shape index (κ3) is 8.77. The molecule has 7 heteroatoms. The maximum atomic E-state index is 11.3. The van der Waals surface area contributed by atoms with Crippen LogP contribution in [0, 0.1) is 0 Å². The van der Waals surface area contributed by atoms with Gasteiger partial charge in [-0.2, -0.15) is 0 Å². The van der Waals surface area contributed by atoms with E-state index in [1.165, 1.54) is 0 Å². The predicted molar refractivity (Wildman–Crippen MR) is 67.1 cm³/mol. The molecule has 0 heterocycles. The number of aliphatic carboxylic acids is 1. The minimum Gasteiger partial charge on any atom is -0.480 e. The number of carboxylic acid groups (broad SMARTS) is 1. The Hall–Kier alpha value is -1.34. The number of nitrogens with two attached hydrogens (primary N) is 2. The summed E-state index contributed by atoms with van der Waals surface area (Å²) in [6.45, 7) is 5.63. The lowest BCUT2D eigenvalue weighted by molar-refractivity contribution is -0.138. The monoisotopic (exact) mass is 261 g/mol. The highest BCUT2D eigenvalue weighted by Gasteiger charge is 2.17. The summed E-state index contributed by atoms with van der Waals surface area (Å²) in [7, 11) is 0. The first-order valence-corrected chi connectivity index (χ1v) is 5.82. The average molecular weight is 261 g/mol. The molecule has 0 aliphatic rings. The Morgan fingerprint density at radius 3 is 2.33 bits per heavy atom. The Morgan fingerprint density at radius 1 is 1.33 bits per heavy atom. The van der Waals surface area contributed by atoms with Crippen molar-refractivity contribution in [3.05, 3.63) is 0 Å². The van der Waals surface area contributed by atoms with Crippen LogP contribution in [0.2, 0.25) is 0 Å². The molecule has 0 aromatic heterocycles. The molecule has 1 unspecified atom stereocenters. The molecule has 7 nitrogen and oxygen atoms in total. The van der Waals surface area contributed by atoms with Gasteiger partial charge in [0, 0.05) is 12.6 Å². The summed E-state index contributed by atoms with van der Waals surface area (Å²) in [5, 5.41) is 11.1. The van der Waals surface area contributed by atoms with Crippen LogP contribution in [0.4, 0.5) is 4.79 Å². The molecule has 0 radical (unpaired) electrons. The third-order valence-electron chi connectivity index (χ3n) is 2.06. The van der Waals surface area contributed by atoms with Gasteiger partial charge in [-0.1, -0.05) is 0 Å². The summed E-state index contributed by atoms with van der Waals surface area (Å²) in [4.78, 5) is 21.8. The largest absolute Gasteiger partial charge is 0.480 e. The Kier molecular flexibility index (Phi) is 6.64. The molecule has 0 saturated carbocycles. The molecule has 18 heavy (non-hydrogen) atoms. The molecule has 0 bridgehead atoms. The Labute approximate surface area is 107 Å². The second kappa shape index (κ2) is 7.17. The molecule has 0 aliphatic heterocycles. The standard InChI is InChI=1S/C11H23N3O4/c1-11(2,3)18-10(17)14-5-4-7(12)6-8(13)9(15)16/h7-8H,4-6,12-13H2,1-3H3,(H,14,17)(H,15,16)/t7?,8-/m0/s1. The number of nitrogens with one attached hydrogen (secondary N) is 1. The fourth-order valence-electron chi connectivity index (χ4n) is 1.22. The van der Waals surface area contributed by atoms with Crippen molar-refractivity contribution in [2.45, 2.75) is 51.3 Å². The number of carboxylic acids is 1. The highest BCUT2D eigenvalue weighted by Crippen LogP contribution is 2.06. The van der Waals surface area contributed by atoms with Crippen LogP contribution in [0.15, 0.2) is 0 Å². The molecule has 6 N–H and O–H groups in total. The lowest BCUT2D eigenvalue weighted by atomic mass is 10.1. The molecule has 0 aliphatic carbocycles. The lowest BCUT2D eigenvalue weighted by Gasteiger charge is -2.20. The van der Waals surface area contributed by atoms with Crippen LogP contribution in [0.5, 0.6) is 0 Å². The Bertz CT molecular complexity index is 289. The van der Waals surface area contributed by atoms with Crippen molar-refractivity contribution in [1.82, 2.24) is 5.32 Å². The molecule has 1 amide bonds. The van der Waals surface area contributed by atoms with Crippen LogP contribution in [0.25, 0.3) is 0 Å². The summed E-state index contributed by atoms with van der Waals surface area (Å²) in [5.41, 5.74) is 10.5. The van der Waals surface area contributed by atoms with E-state index in [9.17, 15) is 9.59 Å². The van der Waals surface area contributed by atoms with Crippen molar-refractivity contribution >= 4 is 12.1 Å². The molecule has 0 saturated heterocycles. The van der Waals surface area contributed by atoms with Crippen molar-refractivity contribution in [1.29, 1.82) is 0 Å². The first-order valence-electron chi connectivity index (χ1n) is 5.82. The van der Waals surface area contributed by atoms with E-state index in [0.717, 1.165) is 0 Å². The summed E-state index contributed by atoms with van der Waals surface area (Å²) in [6, 6.07) is -1.34. The van der Waals surface area contributed by atoms with Crippen molar-refractivity contribution in [3.8, 4) is 0 Å². The summed E-state index contributed by atoms with van der Waals surface area (Å²) >= 11 is 0. The first-order chi connectivity index (χ1) is 8.11. The number of carbonyl (C=O) groups is 2. The molecular formula is C11H23N3O4. The molecule has 0 fully saturated rings. The van der Waals surface area contributed by atoms with Crippen LogP contribution in [0.3, 0.4) is 0 Å². The molecule has 0 spiro atoms. The lowest BCUT2D eigenvalue weighted by Crippen LogP contribution is -2.39. The zero-order valence-corrected chi connectivity index (χ0v) is 11.1. The summed E-state index contributed by atoms with van der Waals surface area (Å²) in [5.74, 6) is -1.08. The number of hydrogen-bond donors (Lipinski definition) is 4. The second-order valence-electron chi connectivity index (χ2n) is 5.16. The summed E-state index contributed by atoms with van der Waals surface area (Å²) in [6.07, 6.45) is 0.100. The predicted octanol–water partition coefficient (Wildman–Crippen LogP) is 0.0305. The Morgan fingerprint density at radius 2 is 1.89 bits per heavy atom. The van der Waals surface area contributed by atoms with E-state index in [4.69, 9.17) is 21.3 Å². The maximum absolute atomic E-state index is 11.3. The van der Waals surface area contributed by atoms with Crippen LogP contribution in [0.1, 0.15) is 33.6 Å². The van der Waals surface area contributed by atoms with E-state index >= 15 is 0 Å². The molecule has 0 aromatic carbocycles. The van der Waals surface area contributed by atoms with Crippen molar-refractivity contribution < 1.29 is 19.4 Å². The van der Waals surface area contributed by atoms with E-state index in [-0.39, 0.29) is 12.5 Å². The van der Waals surface area contributed by atoms with E-state index in [1.54, 1.807) is 20.8 Å². The number of amides is 1. The molecule has 2 atom stereocenters. The SMILES string of the molecule is CC(C)(C)OC(=O)NCCC(N)C[C@H](N)C(=O)O. The fraction of sp³-hybridized carbons (Fsp3) is 0.818. The molecular weight excluding hydrogens is 238 g/mol. The van der Waals surface area contributed by atoms with Crippen LogP contribution in [-0.4, -0.2) is 41.4 Å². The van der Waals surface area contributed by atoms with Gasteiger partial charge in [-0.05, 0) is 33.6 Å². The average Bonchev–Trinajstić information content (AvgIpc) is 2.14. The van der Waals surface area contributed by atoms with Crippen molar-refractivity contribution in [3.63, 3.8) is 0 Å². The minimum atomic E-state index is -1.08. The van der Waals surface area contributed by atoms with Gasteiger partial charge in [-0.25, -0.2) is 4.79 Å². The highest BCUT2D eigenvalue weighted by molar-refractivity contribution is 5.73. The third-order valence-corrected chi connectivity index (χ3v) is 2.06. The number of alkyl carbamates (subject to hydrolysis) is 1. The van der Waals surface area contributed by atoms with Crippen molar-refractivity contribution in [2.24, 2.45) is 11.5 Å². The smallest absolute Gasteiger partial charge is 0.407 e. The zero-order chi connectivity index (χ0) is 14.3. The quantitative estimate of drug-likeness (QED) is 0.534. The van der Waals surface area contributed by atoms with E-state index in [1.807, 2.05) is 0 Å². The normalized spacial score (nSPS) is 14.7. The topological polar surface area (TPSA) is 128 Å². The van der Waals surface area contributed by atoms with Gasteiger partial charge in [-0.3, -0.25) is 4.79 Å². The maximum Gasteiger partial charge on any atom is 0.407 e. The van der Waals surface area contributed by atoms with Gasteiger partial charge < -0.3 is 26.6 Å². The number of rotatable bonds is 6. The van der Waals surface area contributed by atoms with Gasteiger partial charge in [0.2, 0.25) is 0 Å². The van der Waals surface area contributed by atoms with E-state index in [0.29, 0.717) is 13.0 Å². The first kappa shape index (κ1) is 16.7. The van der Waals surface area contributed by atoms with Crippen LogP contribution >= 0.6 is 0 Å². The second-order valence-corrected chi connectivity index (χ2v) is 5.16. The molecule has 0 aromatic rings. The zero-order valence-electron chi connectivity index (χ0n) is 11.1. The van der Waals surface area contributed by atoms with Crippen LogP contribution in [-0.2, 0) is 9.53 Å². The summed E-state index contributed by atoms with van der Waals surface area (Å²) < 4.78 is 5.03. The number of hydrogen-bond acceptors (Lipinski definition) is 5. The number of carbonyl (C=O) groups excluding carboxylic acids is 1. The van der Waals surface area contributed by atoms with Gasteiger partial charge in [-0.15, -0.1) is 0 Å².